The van der Waals surface area contributed by atoms with Crippen LogP contribution in [-0.2, 0) is 4.79 Å². The van der Waals surface area contributed by atoms with Crippen LogP contribution in [0.25, 0.3) is 0 Å². The SMILES string of the molecule is CC1CNCC1C(=O)N1CC(n2cc(C(=O)O)nn2)C1. The fraction of sp³-hybridized carbons (Fsp3) is 0.667. The second kappa shape index (κ2) is 4.86. The number of carbonyl (C=O) groups excluding carboxylic acids is 1. The van der Waals surface area contributed by atoms with E-state index in [0.717, 1.165) is 13.1 Å². The number of rotatable bonds is 3. The van der Waals surface area contributed by atoms with Crippen molar-refractivity contribution in [3.05, 3.63) is 11.9 Å². The van der Waals surface area contributed by atoms with Crippen LogP contribution in [0.5, 0.6) is 0 Å². The van der Waals surface area contributed by atoms with Crippen molar-refractivity contribution in [3.8, 4) is 0 Å². The predicted molar refractivity (Wildman–Crippen MR) is 68.1 cm³/mol. The lowest BCUT2D eigenvalue weighted by molar-refractivity contribution is -0.142. The highest BCUT2D eigenvalue weighted by atomic mass is 16.4. The lowest BCUT2D eigenvalue weighted by atomic mass is 9.94. The van der Waals surface area contributed by atoms with Crippen LogP contribution < -0.4 is 5.32 Å². The number of aromatic nitrogens is 3. The predicted octanol–water partition coefficient (Wildman–Crippen LogP) is -0.785. The molecular weight excluding hydrogens is 262 g/mol. The standard InChI is InChI=1S/C12H17N5O3/c1-7-2-13-3-9(7)11(18)16-4-8(5-16)17-6-10(12(19)20)14-15-17/h6-9,13H,2-5H2,1H3,(H,19,20). The highest BCUT2D eigenvalue weighted by Gasteiger charge is 2.39. The number of hydrogen-bond donors (Lipinski definition) is 2. The molecule has 20 heavy (non-hydrogen) atoms. The van der Waals surface area contributed by atoms with Crippen LogP contribution in [0.4, 0.5) is 0 Å². The third-order valence-electron chi connectivity index (χ3n) is 4.11. The molecule has 0 aliphatic carbocycles. The summed E-state index contributed by atoms with van der Waals surface area (Å²) in [6.07, 6.45) is 1.41. The summed E-state index contributed by atoms with van der Waals surface area (Å²) in [5.41, 5.74) is -0.0663. The van der Waals surface area contributed by atoms with E-state index < -0.39 is 5.97 Å². The molecule has 1 aromatic heterocycles. The largest absolute Gasteiger partial charge is 0.476 e. The van der Waals surface area contributed by atoms with Gasteiger partial charge in [-0.05, 0) is 12.5 Å². The Kier molecular flexibility index (Phi) is 3.17. The van der Waals surface area contributed by atoms with E-state index in [9.17, 15) is 9.59 Å². The zero-order chi connectivity index (χ0) is 14.3. The van der Waals surface area contributed by atoms with E-state index in [1.165, 1.54) is 10.9 Å². The summed E-state index contributed by atoms with van der Waals surface area (Å²) in [5, 5.41) is 19.4. The first-order valence-corrected chi connectivity index (χ1v) is 6.71. The molecular formula is C12H17N5O3. The Hall–Kier alpha value is -1.96. The Balaban J connectivity index is 1.58. The Bertz CT molecular complexity index is 537. The van der Waals surface area contributed by atoms with Crippen LogP contribution in [0, 0.1) is 11.8 Å². The molecule has 0 spiro atoms. The molecule has 1 amide bonds. The molecule has 1 aromatic rings. The molecule has 2 aliphatic rings. The molecule has 8 heteroatoms. The Morgan fingerprint density at radius 2 is 2.15 bits per heavy atom. The quantitative estimate of drug-likeness (QED) is 0.752. The summed E-state index contributed by atoms with van der Waals surface area (Å²) in [6, 6.07) is 0.0317. The maximum atomic E-state index is 12.3. The highest BCUT2D eigenvalue weighted by Crippen LogP contribution is 2.26. The first kappa shape index (κ1) is 13.0. The van der Waals surface area contributed by atoms with Gasteiger partial charge in [-0.15, -0.1) is 5.10 Å². The topological polar surface area (TPSA) is 100 Å². The molecule has 2 aliphatic heterocycles. The van der Waals surface area contributed by atoms with E-state index in [0.29, 0.717) is 19.0 Å². The summed E-state index contributed by atoms with van der Waals surface area (Å²) < 4.78 is 1.53. The minimum atomic E-state index is -1.09. The van der Waals surface area contributed by atoms with Crippen molar-refractivity contribution in [3.63, 3.8) is 0 Å². The van der Waals surface area contributed by atoms with E-state index in [2.05, 4.69) is 22.6 Å². The van der Waals surface area contributed by atoms with E-state index in [1.54, 1.807) is 4.90 Å². The van der Waals surface area contributed by atoms with Crippen molar-refractivity contribution in [2.24, 2.45) is 11.8 Å². The van der Waals surface area contributed by atoms with Crippen LogP contribution >= 0.6 is 0 Å². The lowest BCUT2D eigenvalue weighted by Gasteiger charge is -2.40. The molecule has 3 rings (SSSR count). The van der Waals surface area contributed by atoms with Gasteiger partial charge < -0.3 is 15.3 Å². The number of nitrogens with zero attached hydrogens (tertiary/aromatic N) is 4. The van der Waals surface area contributed by atoms with Gasteiger partial charge >= 0.3 is 5.97 Å². The number of aromatic carboxylic acids is 1. The molecule has 0 saturated carbocycles. The summed E-state index contributed by atoms with van der Waals surface area (Å²) >= 11 is 0. The van der Waals surface area contributed by atoms with Gasteiger partial charge in [-0.25, -0.2) is 9.48 Å². The minimum absolute atomic E-state index is 0.0317. The number of likely N-dealkylation sites (tertiary alicyclic amines) is 1. The molecule has 0 radical (unpaired) electrons. The monoisotopic (exact) mass is 279 g/mol. The van der Waals surface area contributed by atoms with E-state index in [4.69, 9.17) is 5.11 Å². The molecule has 3 heterocycles. The number of nitrogens with one attached hydrogen (secondary N) is 1. The number of carboxylic acids is 1. The van der Waals surface area contributed by atoms with Gasteiger partial charge in [-0.2, -0.15) is 0 Å². The zero-order valence-corrected chi connectivity index (χ0v) is 11.2. The van der Waals surface area contributed by atoms with E-state index in [1.807, 2.05) is 0 Å². The van der Waals surface area contributed by atoms with Gasteiger partial charge in [0.15, 0.2) is 5.69 Å². The summed E-state index contributed by atoms with van der Waals surface area (Å²) in [7, 11) is 0. The second-order valence-electron chi connectivity index (χ2n) is 5.53. The lowest BCUT2D eigenvalue weighted by Crippen LogP contribution is -2.53. The molecule has 8 nitrogen and oxygen atoms in total. The second-order valence-corrected chi connectivity index (χ2v) is 5.53. The van der Waals surface area contributed by atoms with Crippen molar-refractivity contribution < 1.29 is 14.7 Å². The fourth-order valence-electron chi connectivity index (χ4n) is 2.73. The first-order chi connectivity index (χ1) is 9.56. The molecule has 2 fully saturated rings. The van der Waals surface area contributed by atoms with E-state index in [-0.39, 0.29) is 23.6 Å². The summed E-state index contributed by atoms with van der Waals surface area (Å²) in [4.78, 5) is 24.8. The molecule has 2 N–H and O–H groups in total. The first-order valence-electron chi connectivity index (χ1n) is 6.71. The maximum absolute atomic E-state index is 12.3. The molecule has 2 unspecified atom stereocenters. The van der Waals surface area contributed by atoms with Crippen LogP contribution in [0.15, 0.2) is 6.20 Å². The van der Waals surface area contributed by atoms with Crippen molar-refractivity contribution >= 4 is 11.9 Å². The Morgan fingerprint density at radius 3 is 2.70 bits per heavy atom. The van der Waals surface area contributed by atoms with Crippen LogP contribution in [-0.4, -0.2) is 63.1 Å². The van der Waals surface area contributed by atoms with Crippen LogP contribution in [0.1, 0.15) is 23.5 Å². The fourth-order valence-corrected chi connectivity index (χ4v) is 2.73. The van der Waals surface area contributed by atoms with Gasteiger partial charge in [-0.1, -0.05) is 12.1 Å². The third-order valence-corrected chi connectivity index (χ3v) is 4.11. The van der Waals surface area contributed by atoms with Gasteiger partial charge in [-0.3, -0.25) is 4.79 Å². The van der Waals surface area contributed by atoms with E-state index >= 15 is 0 Å². The molecule has 0 aromatic carbocycles. The number of hydrogen-bond acceptors (Lipinski definition) is 5. The Morgan fingerprint density at radius 1 is 1.40 bits per heavy atom. The highest BCUT2D eigenvalue weighted by molar-refractivity contribution is 5.84. The van der Waals surface area contributed by atoms with Crippen LogP contribution in [0.2, 0.25) is 0 Å². The third kappa shape index (κ3) is 2.15. The number of carboxylic acid groups (broad SMARTS) is 1. The average Bonchev–Trinajstić information content (AvgIpc) is 2.95. The maximum Gasteiger partial charge on any atom is 0.358 e. The average molecular weight is 279 g/mol. The van der Waals surface area contributed by atoms with Crippen molar-refractivity contribution in [2.45, 2.75) is 13.0 Å². The summed E-state index contributed by atoms with van der Waals surface area (Å²) in [6.45, 7) is 4.86. The van der Waals surface area contributed by atoms with Crippen molar-refractivity contribution in [1.29, 1.82) is 0 Å². The normalized spacial score (nSPS) is 26.6. The van der Waals surface area contributed by atoms with Gasteiger partial charge in [0.1, 0.15) is 0 Å². The van der Waals surface area contributed by atoms with Gasteiger partial charge in [0.25, 0.3) is 0 Å². The number of carbonyl (C=O) groups is 2. The van der Waals surface area contributed by atoms with Gasteiger partial charge in [0.2, 0.25) is 5.91 Å². The molecule has 0 bridgehead atoms. The summed E-state index contributed by atoms with van der Waals surface area (Å²) in [5.74, 6) is -0.487. The van der Waals surface area contributed by atoms with Gasteiger partial charge in [0.05, 0.1) is 18.2 Å². The molecule has 2 saturated heterocycles. The van der Waals surface area contributed by atoms with Crippen molar-refractivity contribution in [2.75, 3.05) is 26.2 Å². The molecule has 108 valence electrons. The Labute approximate surface area is 115 Å². The number of amides is 1. The minimum Gasteiger partial charge on any atom is -0.476 e. The smallest absolute Gasteiger partial charge is 0.358 e. The zero-order valence-electron chi connectivity index (χ0n) is 11.2. The van der Waals surface area contributed by atoms with Crippen LogP contribution in [0.3, 0.4) is 0 Å². The van der Waals surface area contributed by atoms with Gasteiger partial charge in [0, 0.05) is 19.6 Å². The van der Waals surface area contributed by atoms with Crippen molar-refractivity contribution in [1.82, 2.24) is 25.2 Å². The molecule has 2 atom stereocenters.